The fourth-order valence-electron chi connectivity index (χ4n) is 0.855. The number of halogens is 2. The summed E-state index contributed by atoms with van der Waals surface area (Å²) in [5, 5.41) is 0. The Morgan fingerprint density at radius 1 is 1.45 bits per heavy atom. The van der Waals surface area contributed by atoms with Gasteiger partial charge in [0, 0.05) is 9.13 Å². The highest BCUT2D eigenvalue weighted by Crippen LogP contribution is 2.23. The van der Waals surface area contributed by atoms with Crippen molar-refractivity contribution in [3.05, 3.63) is 27.1 Å². The summed E-state index contributed by atoms with van der Waals surface area (Å²) in [7, 11) is 1.54. The highest BCUT2D eigenvalue weighted by Gasteiger charge is 2.06. The molecular formula is C8H8FIO. The Balaban J connectivity index is 3.25. The van der Waals surface area contributed by atoms with Crippen LogP contribution in [-0.2, 0) is 0 Å². The molecule has 0 heterocycles. The van der Waals surface area contributed by atoms with E-state index in [1.54, 1.807) is 19.1 Å². The third-order valence-electron chi connectivity index (χ3n) is 1.51. The van der Waals surface area contributed by atoms with E-state index < -0.39 is 0 Å². The Morgan fingerprint density at radius 3 is 2.64 bits per heavy atom. The summed E-state index contributed by atoms with van der Waals surface area (Å²) in [6, 6.07) is 3.46. The third kappa shape index (κ3) is 1.64. The monoisotopic (exact) mass is 266 g/mol. The second kappa shape index (κ2) is 3.38. The van der Waals surface area contributed by atoms with Gasteiger partial charge < -0.3 is 4.74 Å². The first-order valence-corrected chi connectivity index (χ1v) is 4.23. The zero-order valence-corrected chi connectivity index (χ0v) is 8.48. The second-order valence-corrected chi connectivity index (χ2v) is 3.35. The quantitative estimate of drug-likeness (QED) is 0.710. The van der Waals surface area contributed by atoms with E-state index in [2.05, 4.69) is 0 Å². The van der Waals surface area contributed by atoms with Crippen molar-refractivity contribution in [2.45, 2.75) is 6.92 Å². The third-order valence-corrected chi connectivity index (χ3v) is 2.34. The van der Waals surface area contributed by atoms with Crippen LogP contribution in [-0.4, -0.2) is 7.11 Å². The van der Waals surface area contributed by atoms with Crippen LogP contribution in [0.15, 0.2) is 12.1 Å². The first-order valence-electron chi connectivity index (χ1n) is 3.15. The number of methoxy groups -OCH3 is 1. The molecule has 0 unspecified atom stereocenters. The van der Waals surface area contributed by atoms with Crippen LogP contribution in [0.4, 0.5) is 4.39 Å². The van der Waals surface area contributed by atoms with Crippen LogP contribution in [0.2, 0.25) is 0 Å². The van der Waals surface area contributed by atoms with Crippen LogP contribution in [0.3, 0.4) is 0 Å². The lowest BCUT2D eigenvalue weighted by atomic mass is 10.2. The number of rotatable bonds is 1. The molecule has 0 N–H and O–H groups in total. The van der Waals surface area contributed by atoms with E-state index in [1.165, 1.54) is 7.11 Å². The number of hydrogen-bond donors (Lipinski definition) is 0. The topological polar surface area (TPSA) is 9.23 Å². The summed E-state index contributed by atoms with van der Waals surface area (Å²) in [5.41, 5.74) is 0.569. The molecule has 0 aliphatic heterocycles. The van der Waals surface area contributed by atoms with Crippen LogP contribution < -0.4 is 4.74 Å². The predicted molar refractivity (Wildman–Crippen MR) is 50.4 cm³/mol. The van der Waals surface area contributed by atoms with Crippen LogP contribution in [0, 0.1) is 16.3 Å². The molecule has 11 heavy (non-hydrogen) atoms. The highest BCUT2D eigenvalue weighted by atomic mass is 127. The van der Waals surface area contributed by atoms with Gasteiger partial charge in [0.05, 0.1) is 7.11 Å². The summed E-state index contributed by atoms with van der Waals surface area (Å²) in [4.78, 5) is 0. The molecule has 0 aromatic heterocycles. The van der Waals surface area contributed by atoms with Crippen LogP contribution in [0.1, 0.15) is 5.56 Å². The lowest BCUT2D eigenvalue weighted by Gasteiger charge is -2.05. The standard InChI is InChI=1S/C8H8FIO/c1-5-7(11-2)4-3-6(10)8(5)9/h3-4H,1-2H3. The van der Waals surface area contributed by atoms with E-state index in [9.17, 15) is 4.39 Å². The molecule has 1 aromatic rings. The molecule has 0 atom stereocenters. The van der Waals surface area contributed by atoms with Gasteiger partial charge in [-0.3, -0.25) is 0 Å². The molecule has 0 aliphatic carbocycles. The maximum atomic E-state index is 13.1. The summed E-state index contributed by atoms with van der Waals surface area (Å²) < 4.78 is 18.7. The molecule has 60 valence electrons. The summed E-state index contributed by atoms with van der Waals surface area (Å²) >= 11 is 1.95. The van der Waals surface area contributed by atoms with Crippen LogP contribution in [0.25, 0.3) is 0 Å². The van der Waals surface area contributed by atoms with Crippen molar-refractivity contribution in [3.8, 4) is 5.75 Å². The van der Waals surface area contributed by atoms with Gasteiger partial charge in [-0.25, -0.2) is 4.39 Å². The smallest absolute Gasteiger partial charge is 0.143 e. The van der Waals surface area contributed by atoms with Crippen molar-refractivity contribution >= 4 is 22.6 Å². The molecule has 1 nitrogen and oxygen atoms in total. The Morgan fingerprint density at radius 2 is 2.09 bits per heavy atom. The van der Waals surface area contributed by atoms with Crippen molar-refractivity contribution < 1.29 is 9.13 Å². The fraction of sp³-hybridized carbons (Fsp3) is 0.250. The Bertz CT molecular complexity index is 273. The molecule has 0 amide bonds. The van der Waals surface area contributed by atoms with Crippen molar-refractivity contribution in [2.75, 3.05) is 7.11 Å². The molecular weight excluding hydrogens is 258 g/mol. The van der Waals surface area contributed by atoms with Gasteiger partial charge in [0.1, 0.15) is 11.6 Å². The van der Waals surface area contributed by atoms with Crippen molar-refractivity contribution in [2.24, 2.45) is 0 Å². The Hall–Kier alpha value is -0.320. The van der Waals surface area contributed by atoms with Gasteiger partial charge in [-0.1, -0.05) is 0 Å². The van der Waals surface area contributed by atoms with E-state index in [1.807, 2.05) is 22.6 Å². The molecule has 0 saturated heterocycles. The molecule has 3 heteroatoms. The second-order valence-electron chi connectivity index (χ2n) is 2.19. The SMILES string of the molecule is COc1ccc(I)c(F)c1C. The maximum absolute atomic E-state index is 13.1. The maximum Gasteiger partial charge on any atom is 0.143 e. The minimum absolute atomic E-state index is 0.190. The Kier molecular flexibility index (Phi) is 2.70. The molecule has 1 aromatic carbocycles. The van der Waals surface area contributed by atoms with Gasteiger partial charge in [0.2, 0.25) is 0 Å². The minimum Gasteiger partial charge on any atom is -0.496 e. The van der Waals surface area contributed by atoms with Gasteiger partial charge in [-0.15, -0.1) is 0 Å². The van der Waals surface area contributed by atoms with Gasteiger partial charge in [-0.05, 0) is 41.6 Å². The lowest BCUT2D eigenvalue weighted by Crippen LogP contribution is -1.92. The van der Waals surface area contributed by atoms with Crippen molar-refractivity contribution in [1.29, 1.82) is 0 Å². The molecule has 0 aliphatic rings. The number of hydrogen-bond acceptors (Lipinski definition) is 1. The first kappa shape index (κ1) is 8.77. The normalized spacial score (nSPS) is 9.82. The van der Waals surface area contributed by atoms with Crippen molar-refractivity contribution in [3.63, 3.8) is 0 Å². The molecule has 0 saturated carbocycles. The lowest BCUT2D eigenvalue weighted by molar-refractivity contribution is 0.407. The van der Waals surface area contributed by atoms with Crippen LogP contribution in [0.5, 0.6) is 5.75 Å². The summed E-state index contributed by atoms with van der Waals surface area (Å²) in [6.07, 6.45) is 0. The number of benzene rings is 1. The van der Waals surface area contributed by atoms with Crippen molar-refractivity contribution in [1.82, 2.24) is 0 Å². The van der Waals surface area contributed by atoms with E-state index in [0.717, 1.165) is 0 Å². The summed E-state index contributed by atoms with van der Waals surface area (Å²) in [5.74, 6) is 0.410. The van der Waals surface area contributed by atoms with E-state index in [0.29, 0.717) is 14.9 Å². The fourth-order valence-corrected chi connectivity index (χ4v) is 1.44. The first-order chi connectivity index (χ1) is 5.16. The van der Waals surface area contributed by atoms with E-state index in [-0.39, 0.29) is 5.82 Å². The van der Waals surface area contributed by atoms with Gasteiger partial charge in [0.15, 0.2) is 0 Å². The average Bonchev–Trinajstić information content (AvgIpc) is 2.01. The molecule has 0 spiro atoms. The molecule has 0 bridgehead atoms. The average molecular weight is 266 g/mol. The van der Waals surface area contributed by atoms with E-state index in [4.69, 9.17) is 4.74 Å². The summed E-state index contributed by atoms with van der Waals surface area (Å²) in [6.45, 7) is 1.70. The van der Waals surface area contributed by atoms with Crippen LogP contribution >= 0.6 is 22.6 Å². The highest BCUT2D eigenvalue weighted by molar-refractivity contribution is 14.1. The van der Waals surface area contributed by atoms with Gasteiger partial charge in [0.25, 0.3) is 0 Å². The Labute approximate surface area is 78.7 Å². The van der Waals surface area contributed by atoms with Gasteiger partial charge >= 0.3 is 0 Å². The number of ether oxygens (including phenoxy) is 1. The molecule has 0 fully saturated rings. The van der Waals surface area contributed by atoms with E-state index >= 15 is 0 Å². The van der Waals surface area contributed by atoms with Gasteiger partial charge in [-0.2, -0.15) is 0 Å². The molecule has 1 rings (SSSR count). The largest absolute Gasteiger partial charge is 0.496 e. The minimum atomic E-state index is -0.190. The zero-order valence-electron chi connectivity index (χ0n) is 6.32. The molecule has 0 radical (unpaired) electrons. The zero-order chi connectivity index (χ0) is 8.43. The predicted octanol–water partition coefficient (Wildman–Crippen LogP) is 2.75.